The maximum absolute atomic E-state index is 6.30. The van der Waals surface area contributed by atoms with Crippen molar-refractivity contribution < 1.29 is 28.5 Å². The van der Waals surface area contributed by atoms with Gasteiger partial charge in [0, 0.05) is 0 Å². The van der Waals surface area contributed by atoms with Crippen LogP contribution in [0.3, 0.4) is 0 Å². The zero-order chi connectivity index (χ0) is 14.4. The van der Waals surface area contributed by atoms with E-state index in [1.165, 1.54) is 25.1 Å². The number of nitrogens with zero attached hydrogens (tertiary/aromatic N) is 1. The van der Waals surface area contributed by atoms with Crippen molar-refractivity contribution in [1.29, 1.82) is 0 Å². The molecule has 0 aliphatic rings. The van der Waals surface area contributed by atoms with Crippen LogP contribution in [0.2, 0.25) is 19.6 Å². The summed E-state index contributed by atoms with van der Waals surface area (Å²) in [6.07, 6.45) is 2.13. The van der Waals surface area contributed by atoms with E-state index in [0.717, 1.165) is 6.61 Å². The van der Waals surface area contributed by atoms with Gasteiger partial charge >= 0.3 is 124 Å². The van der Waals surface area contributed by atoms with Crippen molar-refractivity contribution in [2.24, 2.45) is 0 Å². The van der Waals surface area contributed by atoms with Crippen molar-refractivity contribution in [3.8, 4) is 0 Å². The van der Waals surface area contributed by atoms with Crippen molar-refractivity contribution in [3.63, 3.8) is 0 Å². The van der Waals surface area contributed by atoms with Crippen LogP contribution in [-0.4, -0.2) is 43.6 Å². The molecule has 0 amide bonds. The first-order chi connectivity index (χ1) is 8.14. The summed E-state index contributed by atoms with van der Waals surface area (Å²) in [4.78, 5) is 2.15. The van der Waals surface area contributed by atoms with Crippen molar-refractivity contribution in [2.45, 2.75) is 46.0 Å². The van der Waals surface area contributed by atoms with Gasteiger partial charge in [0.1, 0.15) is 0 Å². The van der Waals surface area contributed by atoms with Crippen molar-refractivity contribution >= 4 is 12.8 Å². The molecule has 0 aromatic heterocycles. The molecule has 3 nitrogen and oxygen atoms in total. The van der Waals surface area contributed by atoms with Crippen LogP contribution in [0.15, 0.2) is 11.8 Å². The van der Waals surface area contributed by atoms with E-state index in [1.807, 2.05) is 6.92 Å². The molecule has 0 radical (unpaired) electrons. The van der Waals surface area contributed by atoms with Crippen LogP contribution in [0.1, 0.15) is 20.8 Å². The third kappa shape index (κ3) is 6.98. The normalized spacial score (nSPS) is 13.6. The van der Waals surface area contributed by atoms with Gasteiger partial charge < -0.3 is 0 Å². The fraction of sp³-hybridized carbons (Fsp3) is 0.769. The molecule has 0 saturated heterocycles. The molecule has 5 heteroatoms. The monoisotopic (exact) mass is 441 g/mol. The van der Waals surface area contributed by atoms with Gasteiger partial charge in [-0.3, -0.25) is 0 Å². The van der Waals surface area contributed by atoms with Gasteiger partial charge in [-0.15, -0.1) is 0 Å². The van der Waals surface area contributed by atoms with Crippen LogP contribution in [-0.2, 0) is 28.5 Å². The van der Waals surface area contributed by atoms with Gasteiger partial charge in [0.05, 0.1) is 0 Å². The van der Waals surface area contributed by atoms with E-state index in [0.29, 0.717) is 6.61 Å². The average Bonchev–Trinajstić information content (AvgIpc) is 2.19. The minimum atomic E-state index is -1.58. The molecule has 0 aromatic carbocycles. The van der Waals surface area contributed by atoms with Crippen molar-refractivity contribution in [2.75, 3.05) is 20.3 Å². The Hall–Kier alpha value is 0.235. The van der Waals surface area contributed by atoms with Gasteiger partial charge in [-0.1, -0.05) is 0 Å². The van der Waals surface area contributed by atoms with Crippen LogP contribution in [0, 0.1) is 0 Å². The van der Waals surface area contributed by atoms with Gasteiger partial charge in [-0.2, -0.15) is 0 Å². The molecule has 0 atom stereocenters. The van der Waals surface area contributed by atoms with Crippen LogP contribution >= 0.6 is 0 Å². The van der Waals surface area contributed by atoms with E-state index in [1.54, 1.807) is 0 Å². The number of likely N-dealkylation sites (N-methyl/N-ethyl adjacent to an activating group) is 1. The quantitative estimate of drug-likeness (QED) is 0.427. The summed E-state index contributed by atoms with van der Waals surface area (Å²) < 4.78 is 13.9. The van der Waals surface area contributed by atoms with E-state index < -0.39 is 8.32 Å². The van der Waals surface area contributed by atoms with E-state index >= 15 is 0 Å². The number of hydrogen-bond acceptors (Lipinski definition) is 3. The first kappa shape index (κ1) is 18.2. The van der Waals surface area contributed by atoms with Crippen LogP contribution < -0.4 is 0 Å². The zero-order valence-electron chi connectivity index (χ0n) is 12.7. The molecule has 106 valence electrons. The molecule has 0 aliphatic carbocycles. The third-order valence-electron chi connectivity index (χ3n) is 2.31. The van der Waals surface area contributed by atoms with Gasteiger partial charge in [-0.05, 0) is 0 Å². The molecule has 0 saturated carbocycles. The van der Waals surface area contributed by atoms with Crippen molar-refractivity contribution in [3.05, 3.63) is 11.8 Å². The number of rotatable bonds is 8. The Morgan fingerprint density at radius 3 is 2.28 bits per heavy atom. The summed E-state index contributed by atoms with van der Waals surface area (Å²) in [7, 11) is 0.493. The SMILES string of the molecule is CCOCC=C(N(C)[CH]=[W])C(C)(C)O[Si](C)(C)C. The van der Waals surface area contributed by atoms with Crippen molar-refractivity contribution in [1.82, 2.24) is 4.90 Å². The molecule has 0 fully saturated rings. The maximum atomic E-state index is 6.30. The summed E-state index contributed by atoms with van der Waals surface area (Å²) in [6, 6.07) is 0. The molecule has 0 heterocycles. The Bertz CT molecular complexity index is 298. The molecule has 0 rings (SSSR count). The third-order valence-corrected chi connectivity index (χ3v) is 4.57. The Labute approximate surface area is 124 Å². The van der Waals surface area contributed by atoms with Gasteiger partial charge in [-0.25, -0.2) is 0 Å². The molecule has 0 unspecified atom stereocenters. The molecule has 0 aromatic rings. The van der Waals surface area contributed by atoms with E-state index in [2.05, 4.69) is 56.0 Å². The average molecular weight is 441 g/mol. The second-order valence-electron chi connectivity index (χ2n) is 5.69. The van der Waals surface area contributed by atoms with E-state index in [9.17, 15) is 0 Å². The summed E-state index contributed by atoms with van der Waals surface area (Å²) >= 11 is 1.43. The molecular weight excluding hydrogens is 414 g/mol. The molecule has 18 heavy (non-hydrogen) atoms. The summed E-state index contributed by atoms with van der Waals surface area (Å²) in [5.41, 5.74) is 0.899. The van der Waals surface area contributed by atoms with E-state index in [4.69, 9.17) is 9.16 Å². The minimum absolute atomic E-state index is 0.276. The predicted octanol–water partition coefficient (Wildman–Crippen LogP) is 2.78. The molecule has 0 aliphatic heterocycles. The Balaban J connectivity index is 5.04. The standard InChI is InChI=1S/C13H27NO2Si.W/c1-9-15-11-10-12(14(4)5)13(2,3)16-17(6,7)8;/h4,10H,9,11H2,1-3,5-8H3;. The molecule has 0 bridgehead atoms. The molecule has 0 spiro atoms. The summed E-state index contributed by atoms with van der Waals surface area (Å²) in [5, 5.41) is 0. The summed E-state index contributed by atoms with van der Waals surface area (Å²) in [5.74, 6) is 0. The zero-order valence-corrected chi connectivity index (χ0v) is 16.7. The fourth-order valence-electron chi connectivity index (χ4n) is 1.94. The number of hydrogen-bond donors (Lipinski definition) is 0. The Morgan fingerprint density at radius 2 is 1.89 bits per heavy atom. The molecular formula is C13H27NO2SiW. The van der Waals surface area contributed by atoms with Crippen LogP contribution in [0.4, 0.5) is 0 Å². The molecule has 0 N–H and O–H groups in total. The van der Waals surface area contributed by atoms with Gasteiger partial charge in [0.15, 0.2) is 0 Å². The van der Waals surface area contributed by atoms with Gasteiger partial charge in [0.2, 0.25) is 0 Å². The van der Waals surface area contributed by atoms with Crippen LogP contribution in [0.5, 0.6) is 0 Å². The topological polar surface area (TPSA) is 21.7 Å². The Kier molecular flexibility index (Phi) is 7.84. The summed E-state index contributed by atoms with van der Waals surface area (Å²) in [6.45, 7) is 14.3. The predicted molar refractivity (Wildman–Crippen MR) is 76.9 cm³/mol. The Morgan fingerprint density at radius 1 is 1.33 bits per heavy atom. The van der Waals surface area contributed by atoms with Gasteiger partial charge in [0.25, 0.3) is 0 Å². The first-order valence-corrected chi connectivity index (χ1v) is 11.4. The second kappa shape index (κ2) is 7.73. The fourth-order valence-corrected chi connectivity index (χ4v) is 3.99. The van der Waals surface area contributed by atoms with E-state index in [-0.39, 0.29) is 5.60 Å². The van der Waals surface area contributed by atoms with Crippen LogP contribution in [0.25, 0.3) is 0 Å². The first-order valence-electron chi connectivity index (χ1n) is 6.30. The number of ether oxygens (including phenoxy) is 1. The second-order valence-corrected chi connectivity index (χ2v) is 10.9.